The number of hydrogen-bond donors (Lipinski definition) is 3. The van der Waals surface area contributed by atoms with Gasteiger partial charge >= 0.3 is 0 Å². The minimum atomic E-state index is 0.410. The molecule has 0 unspecified atom stereocenters. The Kier molecular flexibility index (Phi) is 3.87. The number of halogens is 1. The summed E-state index contributed by atoms with van der Waals surface area (Å²) < 4.78 is 1.84. The Bertz CT molecular complexity index is 766. The molecule has 0 spiro atoms. The lowest BCUT2D eigenvalue weighted by molar-refractivity contribution is 0.949. The third-order valence-electron chi connectivity index (χ3n) is 2.97. The van der Waals surface area contributed by atoms with E-state index < -0.39 is 0 Å². The number of imidazole rings is 1. The number of aromatic nitrogens is 4. The Morgan fingerprint density at radius 1 is 1.33 bits per heavy atom. The van der Waals surface area contributed by atoms with Gasteiger partial charge in [-0.15, -0.1) is 11.8 Å². The zero-order valence-corrected chi connectivity index (χ0v) is 12.5. The molecule has 5 N–H and O–H groups in total. The lowest BCUT2D eigenvalue weighted by atomic mass is 10.1. The number of aromatic amines is 1. The average Bonchev–Trinajstić information content (AvgIpc) is 3.08. The van der Waals surface area contributed by atoms with E-state index in [-0.39, 0.29) is 0 Å². The van der Waals surface area contributed by atoms with Crippen LogP contribution in [-0.2, 0) is 0 Å². The van der Waals surface area contributed by atoms with Crippen molar-refractivity contribution in [3.8, 4) is 17.1 Å². The minimum Gasteiger partial charge on any atom is -0.383 e. The Labute approximate surface area is 130 Å². The molecule has 3 aromatic rings. The maximum atomic E-state index is 6.26. The van der Waals surface area contributed by atoms with Crippen LogP contribution in [0.25, 0.3) is 17.1 Å². The first-order valence-electron chi connectivity index (χ1n) is 6.16. The largest absolute Gasteiger partial charge is 0.383 e. The molecule has 0 aliphatic heterocycles. The first-order valence-corrected chi connectivity index (χ1v) is 7.53. The smallest absolute Gasteiger partial charge is 0.176 e. The van der Waals surface area contributed by atoms with Crippen molar-refractivity contribution in [3.63, 3.8) is 0 Å². The second-order valence-corrected chi connectivity index (χ2v) is 5.67. The van der Waals surface area contributed by atoms with E-state index in [0.717, 1.165) is 16.2 Å². The highest BCUT2D eigenvalue weighted by molar-refractivity contribution is 7.99. The lowest BCUT2D eigenvalue weighted by Gasteiger charge is -2.08. The van der Waals surface area contributed by atoms with Gasteiger partial charge in [0.2, 0.25) is 0 Å². The molecule has 0 atom stereocenters. The number of H-pyrrole nitrogens is 1. The summed E-state index contributed by atoms with van der Waals surface area (Å²) in [5, 5.41) is 7.67. The summed E-state index contributed by atoms with van der Waals surface area (Å²) in [7, 11) is 0. The standard InChI is InChI=1S/C13H13ClN6S/c14-9-4-2-1-3-8(9)10-5-17-7-20(10)13-11(21-6-15)12(16)18-19-13/h1-5,7H,6,15H2,(H3,16,18,19). The van der Waals surface area contributed by atoms with Crippen LogP contribution in [-0.4, -0.2) is 25.6 Å². The molecule has 0 radical (unpaired) electrons. The van der Waals surface area contributed by atoms with E-state index in [1.807, 2.05) is 28.8 Å². The predicted octanol–water partition coefficient (Wildman–Crippen LogP) is 2.51. The van der Waals surface area contributed by atoms with Crippen molar-refractivity contribution in [1.82, 2.24) is 19.7 Å². The molecule has 0 bridgehead atoms. The Hall–Kier alpha value is -1.96. The zero-order chi connectivity index (χ0) is 14.8. The summed E-state index contributed by atoms with van der Waals surface area (Å²) >= 11 is 7.68. The number of benzene rings is 1. The third-order valence-corrected chi connectivity index (χ3v) is 4.16. The molecule has 2 aromatic heterocycles. The van der Waals surface area contributed by atoms with E-state index in [1.165, 1.54) is 11.8 Å². The molecule has 8 heteroatoms. The Morgan fingerprint density at radius 3 is 2.90 bits per heavy atom. The van der Waals surface area contributed by atoms with Gasteiger partial charge in [0, 0.05) is 16.5 Å². The number of nitrogens with zero attached hydrogens (tertiary/aromatic N) is 3. The van der Waals surface area contributed by atoms with Gasteiger partial charge in [0.1, 0.15) is 12.1 Å². The van der Waals surface area contributed by atoms with Crippen LogP contribution in [0.1, 0.15) is 0 Å². The van der Waals surface area contributed by atoms with Crippen LogP contribution < -0.4 is 11.5 Å². The normalized spacial score (nSPS) is 11.0. The quantitative estimate of drug-likeness (QED) is 0.507. The van der Waals surface area contributed by atoms with Crippen LogP contribution in [0.3, 0.4) is 0 Å². The first-order chi connectivity index (χ1) is 10.2. The molecule has 0 aliphatic carbocycles. The third kappa shape index (κ3) is 2.51. The Morgan fingerprint density at radius 2 is 2.14 bits per heavy atom. The molecule has 0 aliphatic rings. The molecule has 6 nitrogen and oxygen atoms in total. The topological polar surface area (TPSA) is 98.5 Å². The fraction of sp³-hybridized carbons (Fsp3) is 0.0769. The van der Waals surface area contributed by atoms with E-state index >= 15 is 0 Å². The van der Waals surface area contributed by atoms with Crippen molar-refractivity contribution in [1.29, 1.82) is 0 Å². The van der Waals surface area contributed by atoms with Gasteiger partial charge in [0.25, 0.3) is 0 Å². The Balaban J connectivity index is 2.14. The molecule has 0 saturated carbocycles. The van der Waals surface area contributed by atoms with Gasteiger partial charge in [-0.1, -0.05) is 29.8 Å². The van der Waals surface area contributed by atoms with Crippen molar-refractivity contribution >= 4 is 29.2 Å². The van der Waals surface area contributed by atoms with Gasteiger partial charge in [0.15, 0.2) is 5.82 Å². The highest BCUT2D eigenvalue weighted by Gasteiger charge is 2.17. The number of hydrogen-bond acceptors (Lipinski definition) is 5. The highest BCUT2D eigenvalue weighted by Crippen LogP contribution is 2.33. The van der Waals surface area contributed by atoms with Crippen LogP contribution in [0.2, 0.25) is 5.02 Å². The molecule has 21 heavy (non-hydrogen) atoms. The van der Waals surface area contributed by atoms with Gasteiger partial charge in [-0.25, -0.2) is 4.98 Å². The molecule has 0 saturated heterocycles. The summed E-state index contributed by atoms with van der Waals surface area (Å²) in [6.45, 7) is 0. The summed E-state index contributed by atoms with van der Waals surface area (Å²) in [6, 6.07) is 7.58. The van der Waals surface area contributed by atoms with Crippen LogP contribution in [0, 0.1) is 0 Å². The fourth-order valence-corrected chi connectivity index (χ4v) is 2.93. The van der Waals surface area contributed by atoms with Crippen LogP contribution in [0.15, 0.2) is 41.7 Å². The summed E-state index contributed by atoms with van der Waals surface area (Å²) in [5.41, 5.74) is 13.2. The van der Waals surface area contributed by atoms with Gasteiger partial charge in [-0.3, -0.25) is 9.67 Å². The number of nitrogen functional groups attached to an aromatic ring is 1. The van der Waals surface area contributed by atoms with Crippen molar-refractivity contribution < 1.29 is 0 Å². The molecular formula is C13H13ClN6S. The number of nitrogens with two attached hydrogens (primary N) is 2. The molecule has 2 heterocycles. The number of nitrogens with one attached hydrogen (secondary N) is 1. The molecule has 108 valence electrons. The maximum Gasteiger partial charge on any atom is 0.176 e. The van der Waals surface area contributed by atoms with Crippen molar-refractivity contribution in [2.45, 2.75) is 4.90 Å². The van der Waals surface area contributed by atoms with E-state index in [4.69, 9.17) is 23.1 Å². The highest BCUT2D eigenvalue weighted by atomic mass is 35.5. The van der Waals surface area contributed by atoms with E-state index in [9.17, 15) is 0 Å². The average molecular weight is 321 g/mol. The van der Waals surface area contributed by atoms with Crippen molar-refractivity contribution in [2.24, 2.45) is 5.73 Å². The monoisotopic (exact) mass is 320 g/mol. The SMILES string of the molecule is NCSc1c(-n2cncc2-c2ccccc2Cl)n[nH]c1N. The number of anilines is 1. The summed E-state index contributed by atoms with van der Waals surface area (Å²) in [6.07, 6.45) is 3.41. The van der Waals surface area contributed by atoms with Gasteiger partial charge in [-0.05, 0) is 6.07 Å². The lowest BCUT2D eigenvalue weighted by Crippen LogP contribution is -2.00. The van der Waals surface area contributed by atoms with Crippen LogP contribution in [0.4, 0.5) is 5.82 Å². The number of thioether (sulfide) groups is 1. The van der Waals surface area contributed by atoms with Gasteiger partial charge < -0.3 is 11.5 Å². The van der Waals surface area contributed by atoms with Crippen molar-refractivity contribution in [3.05, 3.63) is 41.8 Å². The fourth-order valence-electron chi connectivity index (χ4n) is 2.06. The van der Waals surface area contributed by atoms with Gasteiger partial charge in [-0.2, -0.15) is 5.10 Å². The summed E-state index contributed by atoms with van der Waals surface area (Å²) in [4.78, 5) is 4.99. The van der Waals surface area contributed by atoms with E-state index in [1.54, 1.807) is 12.5 Å². The van der Waals surface area contributed by atoms with Gasteiger partial charge in [0.05, 0.1) is 16.8 Å². The maximum absolute atomic E-state index is 6.26. The molecule has 3 rings (SSSR count). The molecular weight excluding hydrogens is 308 g/mol. The molecule has 0 fully saturated rings. The molecule has 1 aromatic carbocycles. The molecule has 0 amide bonds. The van der Waals surface area contributed by atoms with Crippen LogP contribution >= 0.6 is 23.4 Å². The predicted molar refractivity (Wildman–Crippen MR) is 85.5 cm³/mol. The van der Waals surface area contributed by atoms with Crippen molar-refractivity contribution in [2.75, 3.05) is 11.6 Å². The van der Waals surface area contributed by atoms with E-state index in [2.05, 4.69) is 15.2 Å². The summed E-state index contributed by atoms with van der Waals surface area (Å²) in [5.74, 6) is 1.56. The van der Waals surface area contributed by atoms with Crippen LogP contribution in [0.5, 0.6) is 0 Å². The second-order valence-electron chi connectivity index (χ2n) is 4.23. The zero-order valence-electron chi connectivity index (χ0n) is 11.0. The first kappa shape index (κ1) is 14.0. The second kappa shape index (κ2) is 5.80. The van der Waals surface area contributed by atoms with E-state index in [0.29, 0.717) is 22.5 Å². The minimum absolute atomic E-state index is 0.410. The number of rotatable bonds is 4.